The van der Waals surface area contributed by atoms with Gasteiger partial charge in [0, 0.05) is 18.4 Å². The smallest absolute Gasteiger partial charge is 0.265 e. The summed E-state index contributed by atoms with van der Waals surface area (Å²) in [4.78, 5) is 32.3. The number of benzene rings is 2. The van der Waals surface area contributed by atoms with Gasteiger partial charge in [0.15, 0.2) is 5.13 Å². The lowest BCUT2D eigenvalue weighted by Gasteiger charge is -2.19. The van der Waals surface area contributed by atoms with E-state index in [4.69, 9.17) is 4.74 Å². The second-order valence-electron chi connectivity index (χ2n) is 6.42. The summed E-state index contributed by atoms with van der Waals surface area (Å²) in [6.07, 6.45) is 0. The summed E-state index contributed by atoms with van der Waals surface area (Å²) in [5, 5.41) is 5.33. The molecule has 0 radical (unpaired) electrons. The van der Waals surface area contributed by atoms with E-state index in [1.165, 1.54) is 22.7 Å². The Morgan fingerprint density at radius 2 is 1.87 bits per heavy atom. The highest BCUT2D eigenvalue weighted by Gasteiger charge is 2.21. The fourth-order valence-corrected chi connectivity index (χ4v) is 4.50. The molecule has 30 heavy (non-hydrogen) atoms. The molecule has 0 fully saturated rings. The zero-order valence-corrected chi connectivity index (χ0v) is 17.8. The van der Waals surface area contributed by atoms with Gasteiger partial charge in [-0.25, -0.2) is 4.98 Å². The highest BCUT2D eigenvalue weighted by molar-refractivity contribution is 7.22. The Kier molecular flexibility index (Phi) is 6.18. The Balaban J connectivity index is 1.54. The maximum absolute atomic E-state index is 13.2. The van der Waals surface area contributed by atoms with Crippen molar-refractivity contribution >= 4 is 55.5 Å². The van der Waals surface area contributed by atoms with Crippen LogP contribution in [0.3, 0.4) is 0 Å². The summed E-state index contributed by atoms with van der Waals surface area (Å²) in [5.74, 6) is -0.331. The van der Waals surface area contributed by atoms with Crippen molar-refractivity contribution in [3.8, 4) is 0 Å². The Morgan fingerprint density at radius 3 is 2.57 bits per heavy atom. The molecule has 0 atom stereocenters. The third-order valence-corrected chi connectivity index (χ3v) is 6.34. The van der Waals surface area contributed by atoms with Crippen LogP contribution in [0.25, 0.3) is 10.2 Å². The Labute approximate surface area is 181 Å². The third kappa shape index (κ3) is 4.40. The lowest BCUT2D eigenvalue weighted by Crippen LogP contribution is -2.33. The molecule has 6 nitrogen and oxygen atoms in total. The van der Waals surface area contributed by atoms with Gasteiger partial charge in [-0.2, -0.15) is 0 Å². The molecular weight excluding hydrogens is 418 g/mol. The quantitative estimate of drug-likeness (QED) is 0.446. The van der Waals surface area contributed by atoms with Crippen molar-refractivity contribution in [1.82, 2.24) is 4.98 Å². The molecular formula is C22H19N3O3S2. The average Bonchev–Trinajstić information content (AvgIpc) is 3.44. The molecule has 0 saturated heterocycles. The molecule has 0 saturated carbocycles. The van der Waals surface area contributed by atoms with E-state index < -0.39 is 0 Å². The van der Waals surface area contributed by atoms with Gasteiger partial charge in [0.1, 0.15) is 0 Å². The van der Waals surface area contributed by atoms with Crippen molar-refractivity contribution in [3.63, 3.8) is 0 Å². The van der Waals surface area contributed by atoms with Crippen LogP contribution in [0.5, 0.6) is 0 Å². The topological polar surface area (TPSA) is 71.5 Å². The molecule has 0 unspecified atom stereocenters. The van der Waals surface area contributed by atoms with E-state index in [-0.39, 0.29) is 11.8 Å². The number of ether oxygens (including phenoxy) is 1. The Bertz CT molecular complexity index is 1120. The number of para-hydroxylation sites is 1. The predicted molar refractivity (Wildman–Crippen MR) is 122 cm³/mol. The number of hydrogen-bond donors (Lipinski definition) is 1. The monoisotopic (exact) mass is 437 g/mol. The van der Waals surface area contributed by atoms with Crippen LogP contribution in [-0.2, 0) is 4.74 Å². The van der Waals surface area contributed by atoms with E-state index in [9.17, 15) is 9.59 Å². The van der Waals surface area contributed by atoms with Crippen LogP contribution < -0.4 is 10.2 Å². The van der Waals surface area contributed by atoms with E-state index in [0.717, 1.165) is 10.2 Å². The lowest BCUT2D eigenvalue weighted by molar-refractivity contribution is 0.0975. The van der Waals surface area contributed by atoms with Crippen LogP contribution in [0, 0.1) is 0 Å². The molecule has 0 aliphatic carbocycles. The zero-order valence-electron chi connectivity index (χ0n) is 16.2. The van der Waals surface area contributed by atoms with Crippen molar-refractivity contribution in [2.45, 2.75) is 0 Å². The first-order valence-electron chi connectivity index (χ1n) is 9.27. The number of carbonyl (C=O) groups is 2. The van der Waals surface area contributed by atoms with Gasteiger partial charge >= 0.3 is 0 Å². The van der Waals surface area contributed by atoms with Crippen LogP contribution in [0.2, 0.25) is 0 Å². The van der Waals surface area contributed by atoms with E-state index in [0.29, 0.717) is 34.4 Å². The number of fused-ring (bicyclic) bond motifs is 1. The average molecular weight is 438 g/mol. The van der Waals surface area contributed by atoms with Crippen molar-refractivity contribution in [2.75, 3.05) is 30.5 Å². The summed E-state index contributed by atoms with van der Waals surface area (Å²) >= 11 is 2.85. The number of thiazole rings is 1. The number of methoxy groups -OCH3 is 1. The molecule has 0 aliphatic rings. The van der Waals surface area contributed by atoms with E-state index in [1.54, 1.807) is 42.3 Å². The minimum atomic E-state index is -0.166. The lowest BCUT2D eigenvalue weighted by atomic mass is 10.2. The number of thiophene rings is 1. The van der Waals surface area contributed by atoms with Crippen LogP contribution in [-0.4, -0.2) is 37.1 Å². The molecule has 2 amide bonds. The molecule has 2 aromatic heterocycles. The van der Waals surface area contributed by atoms with E-state index >= 15 is 0 Å². The van der Waals surface area contributed by atoms with Crippen LogP contribution in [0.4, 0.5) is 10.8 Å². The van der Waals surface area contributed by atoms with Crippen LogP contribution in [0.1, 0.15) is 20.0 Å². The summed E-state index contributed by atoms with van der Waals surface area (Å²) < 4.78 is 6.21. The van der Waals surface area contributed by atoms with Gasteiger partial charge in [-0.3, -0.25) is 14.5 Å². The number of aromatic nitrogens is 1. The molecule has 0 spiro atoms. The van der Waals surface area contributed by atoms with E-state index in [2.05, 4.69) is 10.3 Å². The maximum Gasteiger partial charge on any atom is 0.265 e. The van der Waals surface area contributed by atoms with Crippen molar-refractivity contribution in [2.24, 2.45) is 0 Å². The number of amides is 2. The van der Waals surface area contributed by atoms with Gasteiger partial charge in [0.2, 0.25) is 0 Å². The second kappa shape index (κ2) is 9.17. The number of anilines is 2. The highest BCUT2D eigenvalue weighted by atomic mass is 32.1. The van der Waals surface area contributed by atoms with Gasteiger partial charge in [-0.05, 0) is 47.8 Å². The van der Waals surface area contributed by atoms with Gasteiger partial charge in [-0.1, -0.05) is 29.5 Å². The molecule has 0 bridgehead atoms. The van der Waals surface area contributed by atoms with Crippen molar-refractivity contribution in [3.05, 3.63) is 76.5 Å². The van der Waals surface area contributed by atoms with Gasteiger partial charge in [0.25, 0.3) is 11.8 Å². The molecule has 4 rings (SSSR count). The Hall–Kier alpha value is -3.07. The number of hydrogen-bond acceptors (Lipinski definition) is 6. The first-order valence-corrected chi connectivity index (χ1v) is 11.0. The van der Waals surface area contributed by atoms with Crippen LogP contribution in [0.15, 0.2) is 66.0 Å². The highest BCUT2D eigenvalue weighted by Crippen LogP contribution is 2.29. The fraction of sp³-hybridized carbons (Fsp3) is 0.136. The largest absolute Gasteiger partial charge is 0.383 e. The number of nitrogens with one attached hydrogen (secondary N) is 1. The number of rotatable bonds is 7. The third-order valence-electron chi connectivity index (χ3n) is 4.41. The van der Waals surface area contributed by atoms with Gasteiger partial charge in [0.05, 0.1) is 28.2 Å². The molecule has 2 aromatic carbocycles. The molecule has 4 aromatic rings. The minimum absolute atomic E-state index is 0.165. The normalized spacial score (nSPS) is 10.8. The maximum atomic E-state index is 13.2. The SMILES string of the molecule is COCCN(C(=O)c1ccc(NC(=O)c2cccs2)cc1)c1nc2ccccc2s1. The summed E-state index contributed by atoms with van der Waals surface area (Å²) in [5.41, 5.74) is 2.01. The molecule has 8 heteroatoms. The fourth-order valence-electron chi connectivity index (χ4n) is 2.89. The molecule has 2 heterocycles. The Morgan fingerprint density at radius 1 is 1.07 bits per heavy atom. The van der Waals surface area contributed by atoms with E-state index in [1.807, 2.05) is 35.7 Å². The second-order valence-corrected chi connectivity index (χ2v) is 8.38. The number of nitrogens with zero attached hydrogens (tertiary/aromatic N) is 2. The van der Waals surface area contributed by atoms with Crippen molar-refractivity contribution < 1.29 is 14.3 Å². The van der Waals surface area contributed by atoms with Gasteiger partial charge in [-0.15, -0.1) is 11.3 Å². The molecule has 0 aliphatic heterocycles. The summed E-state index contributed by atoms with van der Waals surface area (Å²) in [7, 11) is 1.60. The minimum Gasteiger partial charge on any atom is -0.383 e. The van der Waals surface area contributed by atoms with Crippen LogP contribution >= 0.6 is 22.7 Å². The standard InChI is InChI=1S/C22H19N3O3S2/c1-28-13-12-25(22-24-17-5-2-3-6-18(17)30-22)21(27)15-8-10-16(11-9-15)23-20(26)19-7-4-14-29-19/h2-11,14H,12-13H2,1H3,(H,23,26). The first-order chi connectivity index (χ1) is 14.7. The molecule has 1 N–H and O–H groups in total. The summed E-state index contributed by atoms with van der Waals surface area (Å²) in [6, 6.07) is 18.3. The number of carbonyl (C=O) groups excluding carboxylic acids is 2. The molecule has 152 valence electrons. The zero-order chi connectivity index (χ0) is 20.9. The van der Waals surface area contributed by atoms with Gasteiger partial charge < -0.3 is 10.1 Å². The summed E-state index contributed by atoms with van der Waals surface area (Å²) in [6.45, 7) is 0.794. The predicted octanol–water partition coefficient (Wildman–Crippen LogP) is 4.90. The van der Waals surface area contributed by atoms with Crippen molar-refractivity contribution in [1.29, 1.82) is 0 Å². The first kappa shape index (κ1) is 20.2.